The zero-order valence-electron chi connectivity index (χ0n) is 13.0. The van der Waals surface area contributed by atoms with Crippen LogP contribution in [0.4, 0.5) is 0 Å². The summed E-state index contributed by atoms with van der Waals surface area (Å²) in [5, 5.41) is 11.0. The van der Waals surface area contributed by atoms with Crippen LogP contribution >= 0.6 is 22.6 Å². The van der Waals surface area contributed by atoms with Crippen LogP contribution < -0.4 is 0 Å². The van der Waals surface area contributed by atoms with E-state index in [0.29, 0.717) is 11.5 Å². The Labute approximate surface area is 150 Å². The van der Waals surface area contributed by atoms with Gasteiger partial charge in [-0.25, -0.2) is 4.79 Å². The highest BCUT2D eigenvalue weighted by Gasteiger charge is 2.43. The predicted octanol–water partition coefficient (Wildman–Crippen LogP) is 2.85. The minimum absolute atomic E-state index is 0.0937. The van der Waals surface area contributed by atoms with Crippen LogP contribution in [0.1, 0.15) is 24.8 Å². The van der Waals surface area contributed by atoms with Gasteiger partial charge in [-0.3, -0.25) is 4.90 Å². The van der Waals surface area contributed by atoms with Crippen LogP contribution in [0, 0.1) is 5.92 Å². The number of ether oxygens (including phenoxy) is 1. The summed E-state index contributed by atoms with van der Waals surface area (Å²) in [7, 11) is 0. The summed E-state index contributed by atoms with van der Waals surface area (Å²) in [6.45, 7) is 2.99. The number of piperidine rings is 3. The van der Waals surface area contributed by atoms with Gasteiger partial charge in [-0.1, -0.05) is 59.0 Å². The first-order valence-electron chi connectivity index (χ1n) is 8.10. The second kappa shape index (κ2) is 7.32. The van der Waals surface area contributed by atoms with Crippen molar-refractivity contribution in [2.75, 3.05) is 19.6 Å². The van der Waals surface area contributed by atoms with Crippen molar-refractivity contribution >= 4 is 28.6 Å². The third-order valence-electron chi connectivity index (χ3n) is 4.95. The number of carbonyl (C=O) groups is 1. The number of aliphatic hydroxyl groups is 1. The number of fused-ring (bicyclic) bond motifs is 3. The van der Waals surface area contributed by atoms with Crippen molar-refractivity contribution in [2.45, 2.75) is 31.0 Å². The van der Waals surface area contributed by atoms with Crippen LogP contribution in [-0.4, -0.2) is 41.7 Å². The third kappa shape index (κ3) is 3.61. The van der Waals surface area contributed by atoms with Crippen LogP contribution in [0.2, 0.25) is 0 Å². The monoisotopic (exact) mass is 427 g/mol. The Morgan fingerprint density at radius 2 is 2.04 bits per heavy atom. The van der Waals surface area contributed by atoms with Crippen LogP contribution in [0.15, 0.2) is 40.5 Å². The number of esters is 1. The van der Waals surface area contributed by atoms with E-state index < -0.39 is 11.6 Å². The SMILES string of the molecule is O=C(O[C@H]1CN2CCC1CC2)[C@](O)(C/C=C\I)c1ccccc1. The molecule has 3 aliphatic heterocycles. The summed E-state index contributed by atoms with van der Waals surface area (Å²) >= 11 is 2.09. The van der Waals surface area contributed by atoms with Gasteiger partial charge >= 0.3 is 5.97 Å². The van der Waals surface area contributed by atoms with E-state index in [1.165, 1.54) is 0 Å². The molecular formula is C18H22INO3. The van der Waals surface area contributed by atoms with Gasteiger partial charge < -0.3 is 9.84 Å². The topological polar surface area (TPSA) is 49.8 Å². The Bertz CT molecular complexity index is 569. The van der Waals surface area contributed by atoms with Crippen LogP contribution in [0.3, 0.4) is 0 Å². The van der Waals surface area contributed by atoms with E-state index in [1.807, 2.05) is 22.3 Å². The first-order valence-corrected chi connectivity index (χ1v) is 9.34. The van der Waals surface area contributed by atoms with E-state index in [0.717, 1.165) is 32.5 Å². The zero-order valence-corrected chi connectivity index (χ0v) is 15.2. The van der Waals surface area contributed by atoms with Gasteiger partial charge in [-0.05, 0) is 41.5 Å². The molecule has 0 amide bonds. The van der Waals surface area contributed by atoms with E-state index in [4.69, 9.17) is 4.74 Å². The van der Waals surface area contributed by atoms with E-state index in [9.17, 15) is 9.90 Å². The standard InChI is InChI=1S/C18H22INO3/c19-10-4-9-18(22,15-5-2-1-3-6-15)17(21)23-16-13-20-11-7-14(16)8-12-20/h1-6,10,14,16,22H,7-9,11-13H2/b10-4-/t16-,18-/m0/s1. The zero-order chi connectivity index (χ0) is 16.3. The lowest BCUT2D eigenvalue weighted by atomic mass is 9.85. The summed E-state index contributed by atoms with van der Waals surface area (Å²) in [6, 6.07) is 9.08. The highest BCUT2D eigenvalue weighted by molar-refractivity contribution is 14.1. The average Bonchev–Trinajstić information content (AvgIpc) is 2.61. The number of carbonyl (C=O) groups excluding carboxylic acids is 1. The molecule has 2 bridgehead atoms. The third-order valence-corrected chi connectivity index (χ3v) is 5.45. The molecule has 4 nitrogen and oxygen atoms in total. The molecule has 23 heavy (non-hydrogen) atoms. The van der Waals surface area contributed by atoms with Crippen molar-refractivity contribution in [3.63, 3.8) is 0 Å². The molecule has 0 spiro atoms. The molecule has 1 aromatic rings. The lowest BCUT2D eigenvalue weighted by molar-refractivity contribution is -0.181. The van der Waals surface area contributed by atoms with E-state index >= 15 is 0 Å². The molecule has 0 unspecified atom stereocenters. The Kier molecular flexibility index (Phi) is 5.38. The molecule has 3 aliphatic rings. The molecule has 0 aliphatic carbocycles. The number of nitrogens with zero attached hydrogens (tertiary/aromatic N) is 1. The Morgan fingerprint density at radius 3 is 2.61 bits per heavy atom. The fraction of sp³-hybridized carbons (Fsp3) is 0.500. The summed E-state index contributed by atoms with van der Waals surface area (Å²) in [5.41, 5.74) is -1.03. The van der Waals surface area contributed by atoms with Crippen molar-refractivity contribution in [2.24, 2.45) is 5.92 Å². The van der Waals surface area contributed by atoms with Gasteiger partial charge in [0.2, 0.25) is 0 Å². The van der Waals surface area contributed by atoms with Gasteiger partial charge in [-0.2, -0.15) is 0 Å². The summed E-state index contributed by atoms with van der Waals surface area (Å²) in [4.78, 5) is 15.1. The fourth-order valence-electron chi connectivity index (χ4n) is 3.53. The number of hydrogen-bond donors (Lipinski definition) is 1. The normalized spacial score (nSPS) is 29.4. The van der Waals surface area contributed by atoms with Crippen molar-refractivity contribution < 1.29 is 14.6 Å². The van der Waals surface area contributed by atoms with Crippen molar-refractivity contribution in [3.05, 3.63) is 46.1 Å². The van der Waals surface area contributed by atoms with Gasteiger partial charge in [0.25, 0.3) is 0 Å². The van der Waals surface area contributed by atoms with E-state index in [2.05, 4.69) is 27.5 Å². The second-order valence-electron chi connectivity index (χ2n) is 6.37. The van der Waals surface area contributed by atoms with Crippen LogP contribution in [0.25, 0.3) is 0 Å². The van der Waals surface area contributed by atoms with Crippen molar-refractivity contribution in [1.82, 2.24) is 4.90 Å². The number of rotatable bonds is 5. The molecule has 0 saturated carbocycles. The Balaban J connectivity index is 1.78. The number of benzene rings is 1. The van der Waals surface area contributed by atoms with Gasteiger partial charge in [0.05, 0.1) is 0 Å². The molecule has 0 radical (unpaired) electrons. The molecule has 3 fully saturated rings. The molecule has 3 saturated heterocycles. The lowest BCUT2D eigenvalue weighted by Crippen LogP contribution is -2.53. The second-order valence-corrected chi connectivity index (χ2v) is 7.09. The summed E-state index contributed by atoms with van der Waals surface area (Å²) in [5.74, 6) is -0.0963. The smallest absolute Gasteiger partial charge is 0.343 e. The number of halogens is 1. The molecule has 1 N–H and O–H groups in total. The first-order chi connectivity index (χ1) is 11.1. The molecule has 4 rings (SSSR count). The van der Waals surface area contributed by atoms with Gasteiger partial charge in [0.15, 0.2) is 5.60 Å². The predicted molar refractivity (Wildman–Crippen MR) is 97.2 cm³/mol. The minimum Gasteiger partial charge on any atom is -0.458 e. The molecule has 2 atom stereocenters. The molecule has 5 heteroatoms. The molecule has 0 aromatic heterocycles. The molecule has 3 heterocycles. The van der Waals surface area contributed by atoms with E-state index in [1.54, 1.807) is 18.2 Å². The Hall–Kier alpha value is -0.920. The van der Waals surface area contributed by atoms with E-state index in [-0.39, 0.29) is 12.5 Å². The molecule has 124 valence electrons. The average molecular weight is 427 g/mol. The molecule has 1 aromatic carbocycles. The minimum atomic E-state index is -1.62. The quantitative estimate of drug-likeness (QED) is 0.580. The summed E-state index contributed by atoms with van der Waals surface area (Å²) < 4.78 is 7.59. The number of hydrogen-bond acceptors (Lipinski definition) is 4. The van der Waals surface area contributed by atoms with Crippen molar-refractivity contribution in [1.29, 1.82) is 0 Å². The maximum atomic E-state index is 12.8. The lowest BCUT2D eigenvalue weighted by Gasteiger charge is -2.44. The van der Waals surface area contributed by atoms with Crippen LogP contribution in [0.5, 0.6) is 0 Å². The highest BCUT2D eigenvalue weighted by Crippen LogP contribution is 2.33. The largest absolute Gasteiger partial charge is 0.458 e. The van der Waals surface area contributed by atoms with Gasteiger partial charge in [0.1, 0.15) is 6.10 Å². The van der Waals surface area contributed by atoms with Gasteiger partial charge in [-0.15, -0.1) is 0 Å². The fourth-order valence-corrected chi connectivity index (χ4v) is 3.78. The van der Waals surface area contributed by atoms with Gasteiger partial charge in [0, 0.05) is 13.0 Å². The summed E-state index contributed by atoms with van der Waals surface area (Å²) in [6.07, 6.45) is 4.08. The maximum absolute atomic E-state index is 12.8. The van der Waals surface area contributed by atoms with Crippen LogP contribution in [-0.2, 0) is 15.1 Å². The highest BCUT2D eigenvalue weighted by atomic mass is 127. The van der Waals surface area contributed by atoms with Crippen molar-refractivity contribution in [3.8, 4) is 0 Å². The maximum Gasteiger partial charge on any atom is 0.343 e. The molecular weight excluding hydrogens is 405 g/mol. The first kappa shape index (κ1) is 16.9. The Morgan fingerprint density at radius 1 is 1.35 bits per heavy atom.